The molecule has 0 spiro atoms. The zero-order valence-electron chi connectivity index (χ0n) is 10.7. The Hall–Kier alpha value is -0.940. The zero-order valence-corrected chi connectivity index (χ0v) is 11.6. The minimum atomic E-state index is -0.718. The standard InChI is InChI=1S/C13H20N2O2S/c1-10-11(18-9-15-10)12(16)14-8-13(17)6-4-2-3-5-7-13/h9,17H,2-8H2,1H3,(H,14,16). The second-order valence-electron chi connectivity index (χ2n) is 5.09. The van der Waals surface area contributed by atoms with Crippen molar-refractivity contribution in [2.75, 3.05) is 6.54 Å². The Labute approximate surface area is 111 Å². The molecule has 1 aliphatic carbocycles. The average molecular weight is 268 g/mol. The van der Waals surface area contributed by atoms with Crippen LogP contribution in [0, 0.1) is 6.92 Å². The van der Waals surface area contributed by atoms with Crippen molar-refractivity contribution in [3.05, 3.63) is 16.1 Å². The Morgan fingerprint density at radius 2 is 2.11 bits per heavy atom. The van der Waals surface area contributed by atoms with Gasteiger partial charge >= 0.3 is 0 Å². The van der Waals surface area contributed by atoms with Crippen molar-refractivity contribution >= 4 is 17.2 Å². The van der Waals surface area contributed by atoms with Crippen molar-refractivity contribution < 1.29 is 9.90 Å². The van der Waals surface area contributed by atoms with Gasteiger partial charge in [-0.15, -0.1) is 11.3 Å². The molecular formula is C13H20N2O2S. The number of aryl methyl sites for hydroxylation is 1. The normalized spacial score (nSPS) is 19.2. The SMILES string of the molecule is Cc1ncsc1C(=O)NCC1(O)CCCCCC1. The molecule has 5 heteroatoms. The van der Waals surface area contributed by atoms with Gasteiger partial charge in [0.1, 0.15) is 4.88 Å². The minimum absolute atomic E-state index is 0.118. The lowest BCUT2D eigenvalue weighted by Crippen LogP contribution is -2.42. The first-order valence-corrected chi connectivity index (χ1v) is 7.39. The monoisotopic (exact) mass is 268 g/mol. The molecule has 1 aromatic rings. The van der Waals surface area contributed by atoms with Crippen LogP contribution in [0.5, 0.6) is 0 Å². The van der Waals surface area contributed by atoms with E-state index in [0.29, 0.717) is 11.4 Å². The van der Waals surface area contributed by atoms with E-state index in [0.717, 1.165) is 31.4 Å². The van der Waals surface area contributed by atoms with Crippen LogP contribution in [0.2, 0.25) is 0 Å². The highest BCUT2D eigenvalue weighted by Gasteiger charge is 2.28. The van der Waals surface area contributed by atoms with Crippen LogP contribution < -0.4 is 5.32 Å². The van der Waals surface area contributed by atoms with E-state index in [-0.39, 0.29) is 5.91 Å². The molecule has 1 aromatic heterocycles. The summed E-state index contributed by atoms with van der Waals surface area (Å²) in [7, 11) is 0. The van der Waals surface area contributed by atoms with Gasteiger partial charge in [0.15, 0.2) is 0 Å². The van der Waals surface area contributed by atoms with E-state index >= 15 is 0 Å². The number of thiazole rings is 1. The van der Waals surface area contributed by atoms with Gasteiger partial charge in [-0.1, -0.05) is 25.7 Å². The number of rotatable bonds is 3. The van der Waals surface area contributed by atoms with Crippen LogP contribution >= 0.6 is 11.3 Å². The quantitative estimate of drug-likeness (QED) is 0.827. The fraction of sp³-hybridized carbons (Fsp3) is 0.692. The molecule has 0 radical (unpaired) electrons. The van der Waals surface area contributed by atoms with Gasteiger partial charge in [0, 0.05) is 6.54 Å². The molecule has 2 N–H and O–H groups in total. The number of aromatic nitrogens is 1. The van der Waals surface area contributed by atoms with E-state index in [1.54, 1.807) is 5.51 Å². The highest BCUT2D eigenvalue weighted by atomic mass is 32.1. The molecule has 18 heavy (non-hydrogen) atoms. The number of carbonyl (C=O) groups is 1. The topological polar surface area (TPSA) is 62.2 Å². The number of nitrogens with zero attached hydrogens (tertiary/aromatic N) is 1. The summed E-state index contributed by atoms with van der Waals surface area (Å²) >= 11 is 1.34. The molecule has 4 nitrogen and oxygen atoms in total. The molecule has 2 rings (SSSR count). The molecule has 1 fully saturated rings. The van der Waals surface area contributed by atoms with Gasteiger partial charge in [0.2, 0.25) is 0 Å². The predicted molar refractivity (Wildman–Crippen MR) is 71.8 cm³/mol. The van der Waals surface area contributed by atoms with Crippen molar-refractivity contribution in [1.29, 1.82) is 0 Å². The number of hydrogen-bond donors (Lipinski definition) is 2. The van der Waals surface area contributed by atoms with E-state index in [1.165, 1.54) is 24.2 Å². The summed E-state index contributed by atoms with van der Waals surface area (Å²) in [5.41, 5.74) is 1.71. The van der Waals surface area contributed by atoms with Crippen LogP contribution in [0.3, 0.4) is 0 Å². The maximum atomic E-state index is 11.9. The lowest BCUT2D eigenvalue weighted by atomic mass is 9.94. The van der Waals surface area contributed by atoms with Crippen LogP contribution in [0.15, 0.2) is 5.51 Å². The molecule has 0 saturated heterocycles. The smallest absolute Gasteiger partial charge is 0.263 e. The van der Waals surface area contributed by atoms with E-state index in [1.807, 2.05) is 6.92 Å². The Bertz CT molecular complexity index is 409. The molecule has 0 atom stereocenters. The van der Waals surface area contributed by atoms with Crippen molar-refractivity contribution in [1.82, 2.24) is 10.3 Å². The van der Waals surface area contributed by atoms with Crippen molar-refractivity contribution in [2.45, 2.75) is 51.0 Å². The lowest BCUT2D eigenvalue weighted by Gasteiger charge is -2.26. The first-order chi connectivity index (χ1) is 8.61. The zero-order chi connectivity index (χ0) is 13.0. The number of amides is 1. The number of nitrogens with one attached hydrogen (secondary N) is 1. The maximum Gasteiger partial charge on any atom is 0.263 e. The fourth-order valence-electron chi connectivity index (χ4n) is 2.41. The first-order valence-electron chi connectivity index (χ1n) is 6.51. The molecule has 0 aromatic carbocycles. The van der Waals surface area contributed by atoms with Gasteiger partial charge in [0.05, 0.1) is 16.8 Å². The summed E-state index contributed by atoms with van der Waals surface area (Å²) in [4.78, 5) is 16.7. The molecule has 100 valence electrons. The predicted octanol–water partition coefficient (Wildman–Crippen LogP) is 2.27. The van der Waals surface area contributed by atoms with Gasteiger partial charge < -0.3 is 10.4 Å². The Kier molecular flexibility index (Phi) is 4.35. The van der Waals surface area contributed by atoms with Crippen LogP contribution in [0.25, 0.3) is 0 Å². The summed E-state index contributed by atoms with van der Waals surface area (Å²) < 4.78 is 0. The van der Waals surface area contributed by atoms with E-state index < -0.39 is 5.60 Å². The van der Waals surface area contributed by atoms with Crippen LogP contribution in [0.4, 0.5) is 0 Å². The Balaban J connectivity index is 1.90. The summed E-state index contributed by atoms with van der Waals surface area (Å²) in [5.74, 6) is -0.118. The number of aliphatic hydroxyl groups is 1. The Morgan fingerprint density at radius 3 is 2.67 bits per heavy atom. The number of hydrogen-bond acceptors (Lipinski definition) is 4. The third-order valence-corrected chi connectivity index (χ3v) is 4.49. The number of carbonyl (C=O) groups excluding carboxylic acids is 1. The van der Waals surface area contributed by atoms with Crippen LogP contribution in [-0.4, -0.2) is 28.1 Å². The van der Waals surface area contributed by atoms with E-state index in [4.69, 9.17) is 0 Å². The molecule has 1 amide bonds. The van der Waals surface area contributed by atoms with Crippen molar-refractivity contribution in [3.63, 3.8) is 0 Å². The highest BCUT2D eigenvalue weighted by molar-refractivity contribution is 7.11. The third-order valence-electron chi connectivity index (χ3n) is 3.56. The molecule has 0 unspecified atom stereocenters. The fourth-order valence-corrected chi connectivity index (χ4v) is 3.13. The Morgan fingerprint density at radius 1 is 1.44 bits per heavy atom. The van der Waals surface area contributed by atoms with Gasteiger partial charge in [-0.05, 0) is 19.8 Å². The largest absolute Gasteiger partial charge is 0.388 e. The minimum Gasteiger partial charge on any atom is -0.388 e. The van der Waals surface area contributed by atoms with Crippen molar-refractivity contribution in [3.8, 4) is 0 Å². The highest BCUT2D eigenvalue weighted by Crippen LogP contribution is 2.26. The van der Waals surface area contributed by atoms with Crippen LogP contribution in [0.1, 0.15) is 53.9 Å². The summed E-state index contributed by atoms with van der Waals surface area (Å²) in [5, 5.41) is 13.3. The summed E-state index contributed by atoms with van der Waals surface area (Å²) in [6, 6.07) is 0. The van der Waals surface area contributed by atoms with Crippen molar-refractivity contribution in [2.24, 2.45) is 0 Å². The lowest BCUT2D eigenvalue weighted by molar-refractivity contribution is 0.0247. The van der Waals surface area contributed by atoms with Gasteiger partial charge in [-0.3, -0.25) is 4.79 Å². The van der Waals surface area contributed by atoms with Gasteiger partial charge in [0.25, 0.3) is 5.91 Å². The first kappa shape index (κ1) is 13.5. The molecule has 1 heterocycles. The third kappa shape index (κ3) is 3.29. The second kappa shape index (κ2) is 5.80. The van der Waals surface area contributed by atoms with Gasteiger partial charge in [-0.25, -0.2) is 4.98 Å². The van der Waals surface area contributed by atoms with E-state index in [2.05, 4.69) is 10.3 Å². The van der Waals surface area contributed by atoms with Crippen LogP contribution in [-0.2, 0) is 0 Å². The molecule has 0 bridgehead atoms. The van der Waals surface area contributed by atoms with E-state index in [9.17, 15) is 9.90 Å². The summed E-state index contributed by atoms with van der Waals surface area (Å²) in [6.45, 7) is 2.18. The summed E-state index contributed by atoms with van der Waals surface area (Å²) in [6.07, 6.45) is 6.04. The maximum absolute atomic E-state index is 11.9. The van der Waals surface area contributed by atoms with Gasteiger partial charge in [-0.2, -0.15) is 0 Å². The second-order valence-corrected chi connectivity index (χ2v) is 5.94. The molecule has 0 aliphatic heterocycles. The molecule has 1 aliphatic rings. The average Bonchev–Trinajstić information content (AvgIpc) is 2.65. The molecule has 1 saturated carbocycles. The molecular weight excluding hydrogens is 248 g/mol.